The lowest BCUT2D eigenvalue weighted by Crippen LogP contribution is -1.78. The first-order chi connectivity index (χ1) is 10.4. The molecule has 1 heterocycles. The SMILES string of the molecule is CCCCCCSSc1nnc(SSCCCCCC)s1. The van der Waals surface area contributed by atoms with E-state index < -0.39 is 0 Å². The molecule has 0 aromatic carbocycles. The molecule has 0 aliphatic heterocycles. The lowest BCUT2D eigenvalue weighted by Gasteiger charge is -1.98. The van der Waals surface area contributed by atoms with E-state index in [-0.39, 0.29) is 0 Å². The second-order valence-electron chi connectivity index (χ2n) is 4.77. The van der Waals surface area contributed by atoms with Crippen molar-refractivity contribution in [2.45, 2.75) is 73.9 Å². The molecular weight excluding hydrogens is 357 g/mol. The summed E-state index contributed by atoms with van der Waals surface area (Å²) in [6.07, 6.45) is 10.7. The van der Waals surface area contributed by atoms with Gasteiger partial charge < -0.3 is 0 Å². The summed E-state index contributed by atoms with van der Waals surface area (Å²) in [6.45, 7) is 4.51. The van der Waals surface area contributed by atoms with Crippen LogP contribution >= 0.6 is 54.5 Å². The van der Waals surface area contributed by atoms with Gasteiger partial charge in [0.2, 0.25) is 0 Å². The third-order valence-corrected chi connectivity index (χ3v) is 9.21. The van der Waals surface area contributed by atoms with Gasteiger partial charge in [-0.15, -0.1) is 10.2 Å². The van der Waals surface area contributed by atoms with Crippen molar-refractivity contribution in [1.82, 2.24) is 10.2 Å². The maximum absolute atomic E-state index is 4.25. The third-order valence-electron chi connectivity index (χ3n) is 2.81. The van der Waals surface area contributed by atoms with Gasteiger partial charge in [0.05, 0.1) is 0 Å². The summed E-state index contributed by atoms with van der Waals surface area (Å²) in [5.41, 5.74) is 0. The lowest BCUT2D eigenvalue weighted by molar-refractivity contribution is 0.707. The molecule has 1 aromatic rings. The highest BCUT2D eigenvalue weighted by atomic mass is 33.1. The van der Waals surface area contributed by atoms with Crippen molar-refractivity contribution in [1.29, 1.82) is 0 Å². The Hall–Kier alpha value is 0.960. The van der Waals surface area contributed by atoms with E-state index in [2.05, 4.69) is 24.0 Å². The summed E-state index contributed by atoms with van der Waals surface area (Å²) in [5.74, 6) is 2.44. The van der Waals surface area contributed by atoms with Crippen molar-refractivity contribution < 1.29 is 0 Å². The Bertz CT molecular complexity index is 315. The Kier molecular flexibility index (Phi) is 13.9. The van der Waals surface area contributed by atoms with Crippen LogP contribution < -0.4 is 0 Å². The van der Waals surface area contributed by atoms with Crippen molar-refractivity contribution in [3.05, 3.63) is 0 Å². The summed E-state index contributed by atoms with van der Waals surface area (Å²) in [5, 5.41) is 8.51. The molecule has 0 atom stereocenters. The molecule has 0 aliphatic carbocycles. The zero-order chi connectivity index (χ0) is 15.2. The first-order valence-corrected chi connectivity index (χ1v) is 13.2. The average molecular weight is 383 g/mol. The molecule has 0 saturated carbocycles. The Morgan fingerprint density at radius 2 is 1.19 bits per heavy atom. The molecule has 1 rings (SSSR count). The van der Waals surface area contributed by atoms with Crippen molar-refractivity contribution in [2.24, 2.45) is 0 Å². The van der Waals surface area contributed by atoms with Crippen molar-refractivity contribution in [3.63, 3.8) is 0 Å². The minimum Gasteiger partial charge on any atom is -0.130 e. The van der Waals surface area contributed by atoms with Gasteiger partial charge in [0.15, 0.2) is 8.68 Å². The van der Waals surface area contributed by atoms with E-state index in [4.69, 9.17) is 0 Å². The van der Waals surface area contributed by atoms with Crippen LogP contribution in [0.25, 0.3) is 0 Å². The third kappa shape index (κ3) is 11.2. The van der Waals surface area contributed by atoms with Gasteiger partial charge in [0.1, 0.15) is 0 Å². The molecule has 122 valence electrons. The fourth-order valence-electron chi connectivity index (χ4n) is 1.62. The minimum atomic E-state index is 1.10. The molecule has 0 bridgehead atoms. The van der Waals surface area contributed by atoms with Crippen LogP contribution in [0.5, 0.6) is 0 Å². The molecule has 7 heteroatoms. The molecule has 21 heavy (non-hydrogen) atoms. The quantitative estimate of drug-likeness (QED) is 0.250. The monoisotopic (exact) mass is 382 g/mol. The number of unbranched alkanes of at least 4 members (excludes halogenated alkanes) is 6. The van der Waals surface area contributed by atoms with Crippen LogP contribution in [0.1, 0.15) is 65.2 Å². The molecule has 2 nitrogen and oxygen atoms in total. The van der Waals surface area contributed by atoms with Gasteiger partial charge in [0.25, 0.3) is 0 Å². The van der Waals surface area contributed by atoms with Crippen LogP contribution in [-0.4, -0.2) is 21.7 Å². The highest BCUT2D eigenvalue weighted by Gasteiger charge is 2.06. The molecule has 1 aromatic heterocycles. The number of hydrogen-bond acceptors (Lipinski definition) is 7. The van der Waals surface area contributed by atoms with Crippen LogP contribution in [0.4, 0.5) is 0 Å². The van der Waals surface area contributed by atoms with E-state index in [1.165, 1.54) is 62.9 Å². The van der Waals surface area contributed by atoms with Crippen LogP contribution in [0.3, 0.4) is 0 Å². The largest absolute Gasteiger partial charge is 0.185 e. The van der Waals surface area contributed by atoms with E-state index >= 15 is 0 Å². The standard InChI is InChI=1S/C14H26N2S5/c1-3-5-7-9-11-17-20-13-15-16-14(19-13)21-18-12-10-8-6-4-2/h3-12H2,1-2H3. The van der Waals surface area contributed by atoms with Crippen LogP contribution in [0.2, 0.25) is 0 Å². The lowest BCUT2D eigenvalue weighted by atomic mass is 10.2. The number of nitrogens with zero attached hydrogens (tertiary/aromatic N) is 2. The Morgan fingerprint density at radius 1 is 0.714 bits per heavy atom. The molecule has 0 spiro atoms. The summed E-state index contributed by atoms with van der Waals surface area (Å²) in [7, 11) is 7.41. The highest BCUT2D eigenvalue weighted by molar-refractivity contribution is 8.77. The Balaban J connectivity index is 2.01. The topological polar surface area (TPSA) is 25.8 Å². The maximum atomic E-state index is 4.25. The van der Waals surface area contributed by atoms with Crippen LogP contribution in [0, 0.1) is 0 Å². The van der Waals surface area contributed by atoms with Gasteiger partial charge >= 0.3 is 0 Å². The van der Waals surface area contributed by atoms with Crippen LogP contribution in [0.15, 0.2) is 8.68 Å². The van der Waals surface area contributed by atoms with E-state index in [1.54, 1.807) is 32.9 Å². The average Bonchev–Trinajstić information content (AvgIpc) is 2.94. The normalized spacial score (nSPS) is 11.1. The maximum Gasteiger partial charge on any atom is 0.185 e. The first kappa shape index (κ1) is 20.0. The summed E-state index contributed by atoms with van der Waals surface area (Å²) < 4.78 is 2.20. The molecule has 0 N–H and O–H groups in total. The van der Waals surface area contributed by atoms with E-state index in [1.807, 2.05) is 21.6 Å². The van der Waals surface area contributed by atoms with Gasteiger partial charge in [-0.1, -0.05) is 85.3 Å². The molecule has 0 unspecified atom stereocenters. The zero-order valence-electron chi connectivity index (χ0n) is 13.0. The molecule has 0 fully saturated rings. The predicted molar refractivity (Wildman–Crippen MR) is 105 cm³/mol. The van der Waals surface area contributed by atoms with Crippen LogP contribution in [-0.2, 0) is 0 Å². The van der Waals surface area contributed by atoms with E-state index in [0.29, 0.717) is 0 Å². The predicted octanol–water partition coefficient (Wildman–Crippen LogP) is 7.18. The number of aromatic nitrogens is 2. The van der Waals surface area contributed by atoms with E-state index in [9.17, 15) is 0 Å². The van der Waals surface area contributed by atoms with Gasteiger partial charge in [-0.2, -0.15) is 0 Å². The number of rotatable bonds is 14. The summed E-state index contributed by atoms with van der Waals surface area (Å²) >= 11 is 1.73. The van der Waals surface area contributed by atoms with Gasteiger partial charge in [-0.3, -0.25) is 0 Å². The van der Waals surface area contributed by atoms with Crippen molar-refractivity contribution in [3.8, 4) is 0 Å². The van der Waals surface area contributed by atoms with Gasteiger partial charge in [0, 0.05) is 11.5 Å². The van der Waals surface area contributed by atoms with E-state index in [0.717, 1.165) is 8.68 Å². The second kappa shape index (κ2) is 14.5. The number of hydrogen-bond donors (Lipinski definition) is 0. The fourth-order valence-corrected chi connectivity index (χ4v) is 7.49. The smallest absolute Gasteiger partial charge is 0.130 e. The van der Waals surface area contributed by atoms with Crippen molar-refractivity contribution in [2.75, 3.05) is 11.5 Å². The van der Waals surface area contributed by atoms with Gasteiger partial charge in [-0.05, 0) is 34.4 Å². The van der Waals surface area contributed by atoms with Crippen molar-refractivity contribution >= 4 is 54.5 Å². The van der Waals surface area contributed by atoms with Gasteiger partial charge in [-0.25, -0.2) is 0 Å². The summed E-state index contributed by atoms with van der Waals surface area (Å²) in [6, 6.07) is 0. The minimum absolute atomic E-state index is 1.10. The Labute approximate surface area is 149 Å². The second-order valence-corrected chi connectivity index (χ2v) is 11.1. The molecular formula is C14H26N2S5. The highest BCUT2D eigenvalue weighted by Crippen LogP contribution is 2.39. The molecule has 0 radical (unpaired) electrons. The first-order valence-electron chi connectivity index (χ1n) is 7.79. The molecule has 0 saturated heterocycles. The molecule has 0 aliphatic rings. The zero-order valence-corrected chi connectivity index (χ0v) is 17.1. The molecule has 0 amide bonds. The summed E-state index contributed by atoms with van der Waals surface area (Å²) in [4.78, 5) is 0. The fraction of sp³-hybridized carbons (Fsp3) is 0.857. The Morgan fingerprint density at radius 3 is 1.62 bits per heavy atom.